The lowest BCUT2D eigenvalue weighted by molar-refractivity contribution is -0.143. The molecular formula is C25H26F7N5O2. The van der Waals surface area contributed by atoms with Crippen LogP contribution in [0.1, 0.15) is 27.2 Å². The van der Waals surface area contributed by atoms with Gasteiger partial charge in [-0.3, -0.25) is 0 Å². The minimum atomic E-state index is -4.79. The van der Waals surface area contributed by atoms with Crippen molar-refractivity contribution < 1.29 is 40.6 Å². The van der Waals surface area contributed by atoms with E-state index in [1.165, 1.54) is 37.5 Å². The Balaban J connectivity index is 0.000000283. The summed E-state index contributed by atoms with van der Waals surface area (Å²) in [5, 5.41) is 14.8. The first kappa shape index (κ1) is 31.4. The van der Waals surface area contributed by atoms with Gasteiger partial charge in [0, 0.05) is 31.4 Å². The van der Waals surface area contributed by atoms with Gasteiger partial charge in [-0.25, -0.2) is 19.2 Å². The number of benzene rings is 2. The zero-order valence-corrected chi connectivity index (χ0v) is 21.1. The second-order valence-electron chi connectivity index (χ2n) is 8.44. The standard InChI is InChI=1S/C15H17FN4O2.C10H9F6N/c1-20(2)8-7-17-15-18-9-12(13(19-15)14(21)22)10-3-5-11(16)6-4-10;1-17-5-6-2-7(9(11,12)13)4-8(3-6)10(14,15)16/h3-6,9H,7-8H2,1-2H3,(H,21,22)(H,17,18,19);2-4,17H,5H2,1H3. The van der Waals surface area contributed by atoms with Crippen LogP contribution in [0.25, 0.3) is 11.1 Å². The van der Waals surface area contributed by atoms with Crippen LogP contribution in [-0.4, -0.2) is 60.2 Å². The van der Waals surface area contributed by atoms with E-state index in [2.05, 4.69) is 20.6 Å². The molecule has 0 atom stereocenters. The van der Waals surface area contributed by atoms with Crippen LogP contribution in [0.2, 0.25) is 0 Å². The Hall–Kier alpha value is -3.78. The average molecular weight is 562 g/mol. The van der Waals surface area contributed by atoms with Gasteiger partial charge in [-0.2, -0.15) is 26.3 Å². The first-order valence-corrected chi connectivity index (χ1v) is 11.3. The molecule has 39 heavy (non-hydrogen) atoms. The third-order valence-corrected chi connectivity index (χ3v) is 5.02. The second kappa shape index (κ2) is 13.3. The van der Waals surface area contributed by atoms with Crippen LogP contribution < -0.4 is 10.6 Å². The van der Waals surface area contributed by atoms with Crippen LogP contribution in [0.5, 0.6) is 0 Å². The number of aromatic nitrogens is 2. The van der Waals surface area contributed by atoms with Crippen LogP contribution >= 0.6 is 0 Å². The highest BCUT2D eigenvalue weighted by molar-refractivity contribution is 5.94. The van der Waals surface area contributed by atoms with Crippen LogP contribution in [0.4, 0.5) is 36.7 Å². The lowest BCUT2D eigenvalue weighted by Gasteiger charge is -2.13. The van der Waals surface area contributed by atoms with Crippen LogP contribution in [0, 0.1) is 5.82 Å². The molecule has 0 saturated heterocycles. The first-order chi connectivity index (χ1) is 18.1. The van der Waals surface area contributed by atoms with Crippen molar-refractivity contribution in [3.8, 4) is 11.1 Å². The summed E-state index contributed by atoms with van der Waals surface area (Å²) in [6, 6.07) is 7.05. The lowest BCUT2D eigenvalue weighted by Crippen LogP contribution is -2.22. The van der Waals surface area contributed by atoms with Crippen molar-refractivity contribution in [1.82, 2.24) is 20.2 Å². The number of aromatic carboxylic acids is 1. The third kappa shape index (κ3) is 9.80. The van der Waals surface area contributed by atoms with Crippen molar-refractivity contribution in [2.75, 3.05) is 39.5 Å². The molecule has 212 valence electrons. The Morgan fingerprint density at radius 2 is 1.54 bits per heavy atom. The molecule has 14 heteroatoms. The SMILES string of the molecule is CN(C)CCNc1ncc(-c2ccc(F)cc2)c(C(=O)O)n1.CNCc1cc(C(F)(F)F)cc(C(F)(F)F)c1. The molecule has 3 aromatic rings. The Morgan fingerprint density at radius 1 is 0.974 bits per heavy atom. The Bertz CT molecular complexity index is 1210. The van der Waals surface area contributed by atoms with Gasteiger partial charge in [-0.1, -0.05) is 12.1 Å². The van der Waals surface area contributed by atoms with Gasteiger partial charge in [0.15, 0.2) is 5.69 Å². The summed E-state index contributed by atoms with van der Waals surface area (Å²) in [6.07, 6.45) is -8.14. The number of likely N-dealkylation sites (N-methyl/N-ethyl adjacent to an activating group) is 1. The largest absolute Gasteiger partial charge is 0.476 e. The highest BCUT2D eigenvalue weighted by atomic mass is 19.4. The number of alkyl halides is 6. The number of anilines is 1. The predicted molar refractivity (Wildman–Crippen MR) is 131 cm³/mol. The third-order valence-electron chi connectivity index (χ3n) is 5.02. The highest BCUT2D eigenvalue weighted by Gasteiger charge is 2.36. The van der Waals surface area contributed by atoms with Crippen molar-refractivity contribution >= 4 is 11.9 Å². The Labute approximate surface area is 219 Å². The predicted octanol–water partition coefficient (Wildman–Crippen LogP) is 5.40. The van der Waals surface area contributed by atoms with E-state index in [1.807, 2.05) is 19.0 Å². The molecule has 0 unspecified atom stereocenters. The molecule has 1 aromatic heterocycles. The summed E-state index contributed by atoms with van der Waals surface area (Å²) in [6.45, 7) is 1.31. The Kier molecular flexibility index (Phi) is 10.7. The summed E-state index contributed by atoms with van der Waals surface area (Å²) in [5.41, 5.74) is -1.86. The van der Waals surface area contributed by atoms with E-state index < -0.39 is 29.4 Å². The minimum Gasteiger partial charge on any atom is -0.476 e. The average Bonchev–Trinajstić information content (AvgIpc) is 2.84. The van der Waals surface area contributed by atoms with Crippen LogP contribution in [0.15, 0.2) is 48.7 Å². The van der Waals surface area contributed by atoms with E-state index in [0.717, 1.165) is 6.54 Å². The summed E-state index contributed by atoms with van der Waals surface area (Å²) in [4.78, 5) is 21.5. The molecule has 2 aromatic carbocycles. The fraction of sp³-hybridized carbons (Fsp3) is 0.320. The van der Waals surface area contributed by atoms with E-state index in [-0.39, 0.29) is 35.6 Å². The lowest BCUT2D eigenvalue weighted by atomic mass is 10.0. The maximum absolute atomic E-state index is 13.0. The van der Waals surface area contributed by atoms with Crippen LogP contribution in [-0.2, 0) is 18.9 Å². The molecule has 7 nitrogen and oxygen atoms in total. The number of nitrogens with one attached hydrogen (secondary N) is 2. The normalized spacial score (nSPS) is 11.7. The molecule has 0 aliphatic carbocycles. The van der Waals surface area contributed by atoms with Gasteiger partial charge in [0.1, 0.15) is 5.82 Å². The van der Waals surface area contributed by atoms with Crippen molar-refractivity contribution in [2.45, 2.75) is 18.9 Å². The molecular weight excluding hydrogens is 535 g/mol. The maximum atomic E-state index is 13.0. The number of rotatable bonds is 8. The van der Waals surface area contributed by atoms with Gasteiger partial charge in [0.2, 0.25) is 5.95 Å². The fourth-order valence-electron chi connectivity index (χ4n) is 3.19. The van der Waals surface area contributed by atoms with Crippen molar-refractivity contribution in [3.63, 3.8) is 0 Å². The number of hydrogen-bond donors (Lipinski definition) is 3. The first-order valence-electron chi connectivity index (χ1n) is 11.3. The highest BCUT2D eigenvalue weighted by Crippen LogP contribution is 2.36. The second-order valence-corrected chi connectivity index (χ2v) is 8.44. The van der Waals surface area contributed by atoms with E-state index in [0.29, 0.717) is 29.8 Å². The van der Waals surface area contributed by atoms with Gasteiger partial charge in [-0.15, -0.1) is 0 Å². The number of carboxylic acid groups (broad SMARTS) is 1. The molecule has 0 radical (unpaired) electrons. The monoisotopic (exact) mass is 561 g/mol. The molecule has 0 spiro atoms. The van der Waals surface area contributed by atoms with E-state index in [1.54, 1.807) is 0 Å². The Morgan fingerprint density at radius 3 is 2.00 bits per heavy atom. The molecule has 1 heterocycles. The zero-order chi connectivity index (χ0) is 29.4. The molecule has 0 saturated carbocycles. The summed E-state index contributed by atoms with van der Waals surface area (Å²) in [5.74, 6) is -1.29. The van der Waals surface area contributed by atoms with Gasteiger partial charge in [0.05, 0.1) is 11.1 Å². The van der Waals surface area contributed by atoms with Crippen LogP contribution in [0.3, 0.4) is 0 Å². The molecule has 0 fully saturated rings. The minimum absolute atomic E-state index is 0.0605. The van der Waals surface area contributed by atoms with Crippen molar-refractivity contribution in [1.29, 1.82) is 0 Å². The molecule has 0 aliphatic heterocycles. The molecule has 3 N–H and O–H groups in total. The number of carbonyl (C=O) groups is 1. The summed E-state index contributed by atoms with van der Waals surface area (Å²) in [7, 11) is 5.30. The molecule has 0 bridgehead atoms. The van der Waals surface area contributed by atoms with Gasteiger partial charge in [-0.05, 0) is 62.6 Å². The van der Waals surface area contributed by atoms with Crippen molar-refractivity contribution in [3.05, 3.63) is 76.9 Å². The quantitative estimate of drug-likeness (QED) is 0.318. The fourth-order valence-corrected chi connectivity index (χ4v) is 3.19. The zero-order valence-electron chi connectivity index (χ0n) is 21.1. The summed E-state index contributed by atoms with van der Waals surface area (Å²) >= 11 is 0. The summed E-state index contributed by atoms with van der Waals surface area (Å²) < 4.78 is 87.3. The number of nitrogens with zero attached hydrogens (tertiary/aromatic N) is 3. The topological polar surface area (TPSA) is 90.4 Å². The smallest absolute Gasteiger partial charge is 0.416 e. The maximum Gasteiger partial charge on any atom is 0.416 e. The molecule has 0 amide bonds. The van der Waals surface area contributed by atoms with E-state index in [9.17, 15) is 40.6 Å². The van der Waals surface area contributed by atoms with Gasteiger partial charge >= 0.3 is 18.3 Å². The van der Waals surface area contributed by atoms with Gasteiger partial charge < -0.3 is 20.6 Å². The van der Waals surface area contributed by atoms with Gasteiger partial charge in [0.25, 0.3) is 0 Å². The van der Waals surface area contributed by atoms with E-state index in [4.69, 9.17) is 0 Å². The number of halogens is 7. The van der Waals surface area contributed by atoms with Crippen molar-refractivity contribution in [2.24, 2.45) is 0 Å². The number of hydrogen-bond acceptors (Lipinski definition) is 6. The van der Waals surface area contributed by atoms with E-state index >= 15 is 0 Å². The molecule has 3 rings (SSSR count). The number of carboxylic acids is 1. The molecule has 0 aliphatic rings.